The zero-order valence-corrected chi connectivity index (χ0v) is 16.2. The van der Waals surface area contributed by atoms with Crippen LogP contribution in [0.3, 0.4) is 0 Å². The number of hydrazine groups is 1. The Morgan fingerprint density at radius 1 is 1.56 bits per heavy atom. The predicted molar refractivity (Wildman–Crippen MR) is 106 cm³/mol. The molecule has 2 atom stereocenters. The highest BCUT2D eigenvalue weighted by Crippen LogP contribution is 2.20. The lowest BCUT2D eigenvalue weighted by Crippen LogP contribution is -2.52. The minimum Gasteiger partial charge on any atom is -0.325 e. The van der Waals surface area contributed by atoms with E-state index < -0.39 is 0 Å². The zero-order valence-electron chi connectivity index (χ0n) is 16.2. The average Bonchev–Trinajstić information content (AvgIpc) is 3.14. The Bertz CT molecular complexity index is 687. The number of hydrogen-bond acceptors (Lipinski definition) is 7. The molecule has 27 heavy (non-hydrogen) atoms. The topological polar surface area (TPSA) is 105 Å². The fourth-order valence-electron chi connectivity index (χ4n) is 3.17. The van der Waals surface area contributed by atoms with E-state index in [-0.39, 0.29) is 18.0 Å². The Morgan fingerprint density at radius 3 is 3.07 bits per heavy atom. The number of aliphatic imine (C=N–C) groups is 1. The number of allylic oxidation sites excluding steroid dienone is 3. The Kier molecular flexibility index (Phi) is 8.20. The molecule has 2 heterocycles. The molecule has 0 aromatic carbocycles. The largest absolute Gasteiger partial charge is 0.325 e. The standard InChI is InChI=1S/C19H29N7O/c1-4-5-8-22-14(2)16(11-21-3)19(27)24-17-12-23-25-18(17)26-9-6-7-15(10-20)13-26/h4-5,8,12,15,18,21,23,25H,6-7,9,11,13H2,1-3H3,(H,24,27)/b5-4-,16-14-,22-8-. The first-order chi connectivity index (χ1) is 13.1. The highest BCUT2D eigenvalue weighted by atomic mass is 16.1. The zero-order chi connectivity index (χ0) is 19.6. The van der Waals surface area contributed by atoms with Crippen LogP contribution in [0.1, 0.15) is 26.7 Å². The van der Waals surface area contributed by atoms with Crippen LogP contribution in [-0.2, 0) is 4.79 Å². The molecule has 2 unspecified atom stereocenters. The molecule has 0 aromatic rings. The number of likely N-dealkylation sites (N-methyl/N-ethyl adjacent to an activating group) is 1. The summed E-state index contributed by atoms with van der Waals surface area (Å²) < 4.78 is 0. The van der Waals surface area contributed by atoms with Gasteiger partial charge in [0.05, 0.1) is 23.3 Å². The summed E-state index contributed by atoms with van der Waals surface area (Å²) in [7, 11) is 1.80. The Hall–Kier alpha value is -2.47. The number of likely N-dealkylation sites (tertiary alicyclic amines) is 1. The molecule has 0 spiro atoms. The van der Waals surface area contributed by atoms with E-state index in [9.17, 15) is 10.1 Å². The molecular weight excluding hydrogens is 342 g/mol. The summed E-state index contributed by atoms with van der Waals surface area (Å²) in [5.74, 6) is -0.156. The third-order valence-electron chi connectivity index (χ3n) is 4.61. The Morgan fingerprint density at radius 2 is 2.37 bits per heavy atom. The van der Waals surface area contributed by atoms with E-state index in [1.807, 2.05) is 26.0 Å². The van der Waals surface area contributed by atoms with Gasteiger partial charge in [-0.3, -0.25) is 14.7 Å². The molecule has 2 aliphatic heterocycles. The van der Waals surface area contributed by atoms with Crippen molar-refractivity contribution in [2.24, 2.45) is 10.9 Å². The first-order valence-electron chi connectivity index (χ1n) is 9.26. The number of rotatable bonds is 7. The number of nitrogens with zero attached hydrogens (tertiary/aromatic N) is 3. The second-order valence-corrected chi connectivity index (χ2v) is 6.61. The van der Waals surface area contributed by atoms with Crippen molar-refractivity contribution in [1.29, 1.82) is 5.26 Å². The number of nitrogens with one attached hydrogen (secondary N) is 4. The fraction of sp³-hybridized carbons (Fsp3) is 0.526. The molecule has 0 saturated carbocycles. The van der Waals surface area contributed by atoms with Crippen molar-refractivity contribution in [2.75, 3.05) is 26.7 Å². The van der Waals surface area contributed by atoms with Gasteiger partial charge >= 0.3 is 0 Å². The minimum atomic E-state index is -0.185. The van der Waals surface area contributed by atoms with E-state index >= 15 is 0 Å². The van der Waals surface area contributed by atoms with Crippen molar-refractivity contribution >= 4 is 12.1 Å². The van der Waals surface area contributed by atoms with Gasteiger partial charge in [0, 0.05) is 37.7 Å². The van der Waals surface area contributed by atoms with Crippen molar-refractivity contribution in [3.63, 3.8) is 0 Å². The van der Waals surface area contributed by atoms with Gasteiger partial charge in [-0.05, 0) is 39.8 Å². The van der Waals surface area contributed by atoms with Crippen LogP contribution in [0.25, 0.3) is 0 Å². The summed E-state index contributed by atoms with van der Waals surface area (Å²) in [6, 6.07) is 2.35. The summed E-state index contributed by atoms with van der Waals surface area (Å²) in [4.78, 5) is 19.4. The van der Waals surface area contributed by atoms with Gasteiger partial charge in [-0.1, -0.05) is 6.08 Å². The number of amides is 1. The number of carbonyl (C=O) groups is 1. The van der Waals surface area contributed by atoms with Crippen molar-refractivity contribution in [3.05, 3.63) is 35.3 Å². The van der Waals surface area contributed by atoms with Gasteiger partial charge in [-0.15, -0.1) is 0 Å². The predicted octanol–water partition coefficient (Wildman–Crippen LogP) is 0.754. The van der Waals surface area contributed by atoms with Crippen LogP contribution in [-0.4, -0.2) is 49.9 Å². The summed E-state index contributed by atoms with van der Waals surface area (Å²) in [6.07, 6.45) is 8.88. The first-order valence-corrected chi connectivity index (χ1v) is 9.26. The second kappa shape index (κ2) is 10.6. The van der Waals surface area contributed by atoms with E-state index in [1.54, 1.807) is 19.5 Å². The maximum absolute atomic E-state index is 12.8. The molecule has 8 nitrogen and oxygen atoms in total. The van der Waals surface area contributed by atoms with Crippen LogP contribution in [0.2, 0.25) is 0 Å². The monoisotopic (exact) mass is 371 g/mol. The number of hydrogen-bond donors (Lipinski definition) is 4. The quantitative estimate of drug-likeness (QED) is 0.389. The summed E-state index contributed by atoms with van der Waals surface area (Å²) >= 11 is 0. The molecule has 1 amide bonds. The molecule has 2 aliphatic rings. The van der Waals surface area contributed by atoms with Crippen molar-refractivity contribution in [3.8, 4) is 6.07 Å². The molecule has 0 aromatic heterocycles. The molecule has 8 heteroatoms. The normalized spacial score (nSPS) is 24.4. The lowest BCUT2D eigenvalue weighted by molar-refractivity contribution is -0.117. The van der Waals surface area contributed by atoms with Crippen LogP contribution in [0, 0.1) is 17.2 Å². The Labute approximate surface area is 161 Å². The highest BCUT2D eigenvalue weighted by molar-refractivity contribution is 5.96. The van der Waals surface area contributed by atoms with Gasteiger partial charge in [0.15, 0.2) is 0 Å². The molecule has 146 valence electrons. The number of nitriles is 1. The maximum Gasteiger partial charge on any atom is 0.254 e. The van der Waals surface area contributed by atoms with Crippen LogP contribution in [0.4, 0.5) is 0 Å². The third-order valence-corrected chi connectivity index (χ3v) is 4.61. The number of carbonyl (C=O) groups excluding carboxylic acids is 1. The molecule has 1 saturated heterocycles. The second-order valence-electron chi connectivity index (χ2n) is 6.61. The summed E-state index contributed by atoms with van der Waals surface area (Å²) in [6.45, 7) is 5.73. The SMILES string of the molecule is C\C=C/C=N\C(C)=C(\CNC)C(=O)NC1=CNNC1N1CCCC(C#N)C1. The summed E-state index contributed by atoms with van der Waals surface area (Å²) in [5.41, 5.74) is 8.13. The Balaban J connectivity index is 2.09. The van der Waals surface area contributed by atoms with Crippen LogP contribution < -0.4 is 21.5 Å². The van der Waals surface area contributed by atoms with Gasteiger partial charge in [-0.2, -0.15) is 5.26 Å². The lowest BCUT2D eigenvalue weighted by Gasteiger charge is -2.35. The molecule has 1 fully saturated rings. The minimum absolute atomic E-state index is 0.0288. The molecule has 0 aliphatic carbocycles. The van der Waals surface area contributed by atoms with E-state index in [1.165, 1.54) is 0 Å². The van der Waals surface area contributed by atoms with Gasteiger partial charge in [0.25, 0.3) is 5.91 Å². The van der Waals surface area contributed by atoms with Crippen LogP contribution in [0.15, 0.2) is 40.3 Å². The van der Waals surface area contributed by atoms with Crippen LogP contribution >= 0.6 is 0 Å². The molecular formula is C19H29N7O. The van der Waals surface area contributed by atoms with E-state index in [0.717, 1.165) is 25.1 Å². The fourth-order valence-corrected chi connectivity index (χ4v) is 3.17. The first kappa shape index (κ1) is 20.8. The van der Waals surface area contributed by atoms with E-state index in [0.29, 0.717) is 24.4 Å². The van der Waals surface area contributed by atoms with Crippen molar-refractivity contribution in [2.45, 2.75) is 32.9 Å². The van der Waals surface area contributed by atoms with Gasteiger partial charge in [0.2, 0.25) is 0 Å². The van der Waals surface area contributed by atoms with E-state index in [4.69, 9.17) is 0 Å². The maximum atomic E-state index is 12.8. The average molecular weight is 371 g/mol. The lowest BCUT2D eigenvalue weighted by atomic mass is 9.99. The van der Waals surface area contributed by atoms with Crippen LogP contribution in [0.5, 0.6) is 0 Å². The molecule has 4 N–H and O–H groups in total. The molecule has 0 radical (unpaired) electrons. The van der Waals surface area contributed by atoms with E-state index in [2.05, 4.69) is 37.4 Å². The smallest absolute Gasteiger partial charge is 0.254 e. The summed E-state index contributed by atoms with van der Waals surface area (Å²) in [5, 5.41) is 15.2. The van der Waals surface area contributed by atoms with Gasteiger partial charge in [0.1, 0.15) is 6.17 Å². The van der Waals surface area contributed by atoms with Gasteiger partial charge < -0.3 is 16.1 Å². The number of piperidine rings is 1. The van der Waals surface area contributed by atoms with Crippen molar-refractivity contribution in [1.82, 2.24) is 26.4 Å². The van der Waals surface area contributed by atoms with Crippen molar-refractivity contribution < 1.29 is 4.79 Å². The molecule has 0 bridgehead atoms. The van der Waals surface area contributed by atoms with Gasteiger partial charge in [-0.25, -0.2) is 5.43 Å². The molecule has 2 rings (SSSR count). The highest BCUT2D eigenvalue weighted by Gasteiger charge is 2.31. The third kappa shape index (κ3) is 5.76.